The minimum absolute atomic E-state index is 0.0954. The molecule has 0 unspecified atom stereocenters. The Morgan fingerprint density at radius 1 is 1.29 bits per heavy atom. The van der Waals surface area contributed by atoms with Gasteiger partial charge in [0.25, 0.3) is 0 Å². The number of halogens is 2. The predicted octanol–water partition coefficient (Wildman–Crippen LogP) is 0.158. The molecule has 3 N–H and O–H groups in total. The summed E-state index contributed by atoms with van der Waals surface area (Å²) in [7, 11) is -4.14. The lowest BCUT2D eigenvalue weighted by molar-refractivity contribution is 0.0390. The molecule has 0 saturated carbocycles. The number of rotatable bonds is 5. The van der Waals surface area contributed by atoms with E-state index in [1.54, 1.807) is 0 Å². The zero-order valence-electron chi connectivity index (χ0n) is 11.3. The molecule has 0 radical (unpaired) electrons. The van der Waals surface area contributed by atoms with Crippen molar-refractivity contribution in [3.63, 3.8) is 0 Å². The SMILES string of the molecule is Nc1cc(F)c(F)c(S(=O)(=O)NCCN2CCOCC2)c1. The third-order valence-corrected chi connectivity index (χ3v) is 4.59. The summed E-state index contributed by atoms with van der Waals surface area (Å²) in [6.45, 7) is 3.18. The van der Waals surface area contributed by atoms with Crippen molar-refractivity contribution in [2.75, 3.05) is 45.1 Å². The van der Waals surface area contributed by atoms with Crippen LogP contribution >= 0.6 is 0 Å². The van der Waals surface area contributed by atoms with Gasteiger partial charge in [-0.25, -0.2) is 21.9 Å². The van der Waals surface area contributed by atoms with Crippen LogP contribution in [0, 0.1) is 11.6 Å². The maximum absolute atomic E-state index is 13.6. The van der Waals surface area contributed by atoms with Crippen molar-refractivity contribution in [2.24, 2.45) is 0 Å². The predicted molar refractivity (Wildman–Crippen MR) is 73.2 cm³/mol. The van der Waals surface area contributed by atoms with Crippen molar-refractivity contribution in [1.29, 1.82) is 0 Å². The maximum atomic E-state index is 13.6. The average molecular weight is 321 g/mol. The van der Waals surface area contributed by atoms with E-state index in [2.05, 4.69) is 4.72 Å². The number of nitrogens with two attached hydrogens (primary N) is 1. The van der Waals surface area contributed by atoms with Crippen LogP contribution < -0.4 is 10.5 Å². The second-order valence-corrected chi connectivity index (χ2v) is 6.40. The standard InChI is InChI=1S/C12H17F2N3O3S/c13-10-7-9(15)8-11(12(10)14)21(18,19)16-1-2-17-3-5-20-6-4-17/h7-8,16H,1-6,15H2. The minimum Gasteiger partial charge on any atom is -0.399 e. The first-order valence-electron chi connectivity index (χ1n) is 6.44. The lowest BCUT2D eigenvalue weighted by Crippen LogP contribution is -2.41. The number of hydrogen-bond acceptors (Lipinski definition) is 5. The van der Waals surface area contributed by atoms with Gasteiger partial charge in [0, 0.05) is 31.9 Å². The summed E-state index contributed by atoms with van der Waals surface area (Å²) in [6.07, 6.45) is 0. The topological polar surface area (TPSA) is 84.7 Å². The van der Waals surface area contributed by atoms with Gasteiger partial charge in [0.05, 0.1) is 13.2 Å². The number of benzene rings is 1. The third-order valence-electron chi connectivity index (χ3n) is 3.13. The molecule has 118 valence electrons. The number of nitrogen functional groups attached to an aromatic ring is 1. The molecular formula is C12H17F2N3O3S. The molecule has 21 heavy (non-hydrogen) atoms. The molecule has 1 heterocycles. The Morgan fingerprint density at radius 2 is 1.95 bits per heavy atom. The third kappa shape index (κ3) is 4.10. The number of morpholine rings is 1. The fraction of sp³-hybridized carbons (Fsp3) is 0.500. The second kappa shape index (κ2) is 6.65. The van der Waals surface area contributed by atoms with Gasteiger partial charge >= 0.3 is 0 Å². The second-order valence-electron chi connectivity index (χ2n) is 4.67. The van der Waals surface area contributed by atoms with Crippen LogP contribution in [0.3, 0.4) is 0 Å². The van der Waals surface area contributed by atoms with Crippen molar-refractivity contribution in [1.82, 2.24) is 9.62 Å². The highest BCUT2D eigenvalue weighted by Gasteiger charge is 2.22. The van der Waals surface area contributed by atoms with Gasteiger partial charge in [0.1, 0.15) is 4.90 Å². The highest BCUT2D eigenvalue weighted by Crippen LogP contribution is 2.20. The van der Waals surface area contributed by atoms with Crippen LogP contribution in [0.25, 0.3) is 0 Å². The molecule has 1 saturated heterocycles. The molecule has 0 amide bonds. The number of hydrogen-bond donors (Lipinski definition) is 2. The molecular weight excluding hydrogens is 304 g/mol. The van der Waals surface area contributed by atoms with Crippen LogP contribution in [0.2, 0.25) is 0 Å². The average Bonchev–Trinajstić information content (AvgIpc) is 2.43. The summed E-state index contributed by atoms with van der Waals surface area (Å²) in [4.78, 5) is 1.24. The van der Waals surface area contributed by atoms with Crippen molar-refractivity contribution in [3.05, 3.63) is 23.8 Å². The van der Waals surface area contributed by atoms with E-state index in [1.165, 1.54) is 0 Å². The van der Waals surface area contributed by atoms with E-state index in [1.807, 2.05) is 4.90 Å². The van der Waals surface area contributed by atoms with Gasteiger partial charge < -0.3 is 10.5 Å². The number of nitrogens with zero attached hydrogens (tertiary/aromatic N) is 1. The van der Waals surface area contributed by atoms with Crippen LogP contribution in [0.5, 0.6) is 0 Å². The molecule has 1 aliphatic rings. The fourth-order valence-corrected chi connectivity index (χ4v) is 3.16. The normalized spacial score (nSPS) is 17.0. The Labute approximate surface area is 121 Å². The Kier molecular flexibility index (Phi) is 5.09. The van der Waals surface area contributed by atoms with Crippen LogP contribution in [0.1, 0.15) is 0 Å². The van der Waals surface area contributed by atoms with E-state index >= 15 is 0 Å². The first-order valence-corrected chi connectivity index (χ1v) is 7.93. The van der Waals surface area contributed by atoms with Crippen molar-refractivity contribution in [3.8, 4) is 0 Å². The summed E-state index contributed by atoms with van der Waals surface area (Å²) >= 11 is 0. The molecule has 0 aliphatic carbocycles. The molecule has 9 heteroatoms. The van der Waals surface area contributed by atoms with Crippen LogP contribution in [0.4, 0.5) is 14.5 Å². The number of nitrogens with one attached hydrogen (secondary N) is 1. The molecule has 1 aromatic rings. The first-order chi connectivity index (χ1) is 9.90. The number of ether oxygens (including phenoxy) is 1. The number of anilines is 1. The molecule has 0 bridgehead atoms. The van der Waals surface area contributed by atoms with Crippen LogP contribution in [-0.4, -0.2) is 52.7 Å². The zero-order valence-corrected chi connectivity index (χ0v) is 12.1. The van der Waals surface area contributed by atoms with E-state index in [9.17, 15) is 17.2 Å². The van der Waals surface area contributed by atoms with Crippen molar-refractivity contribution >= 4 is 15.7 Å². The molecule has 0 atom stereocenters. The Hall–Kier alpha value is -1.29. The summed E-state index contributed by atoms with van der Waals surface area (Å²) < 4.78 is 58.2. The van der Waals surface area contributed by atoms with Gasteiger partial charge in [-0.1, -0.05) is 0 Å². The van der Waals surface area contributed by atoms with Gasteiger partial charge in [0.15, 0.2) is 11.6 Å². The maximum Gasteiger partial charge on any atom is 0.243 e. The number of sulfonamides is 1. The van der Waals surface area contributed by atoms with E-state index in [-0.39, 0.29) is 12.2 Å². The molecule has 0 aromatic heterocycles. The van der Waals surface area contributed by atoms with Gasteiger partial charge in [-0.3, -0.25) is 4.90 Å². The zero-order chi connectivity index (χ0) is 15.5. The van der Waals surface area contributed by atoms with E-state index in [0.717, 1.165) is 12.1 Å². The van der Waals surface area contributed by atoms with Gasteiger partial charge in [0.2, 0.25) is 10.0 Å². The Morgan fingerprint density at radius 3 is 2.62 bits per heavy atom. The fourth-order valence-electron chi connectivity index (χ4n) is 2.02. The summed E-state index contributed by atoms with van der Waals surface area (Å²) in [6, 6.07) is 1.64. The molecule has 1 fully saturated rings. The van der Waals surface area contributed by atoms with E-state index in [0.29, 0.717) is 32.8 Å². The lowest BCUT2D eigenvalue weighted by atomic mass is 10.3. The van der Waals surface area contributed by atoms with Gasteiger partial charge in [-0.15, -0.1) is 0 Å². The Bertz CT molecular complexity index is 604. The van der Waals surface area contributed by atoms with Crippen molar-refractivity contribution in [2.45, 2.75) is 4.90 Å². The molecule has 1 aliphatic heterocycles. The van der Waals surface area contributed by atoms with E-state index in [4.69, 9.17) is 10.5 Å². The molecule has 1 aromatic carbocycles. The smallest absolute Gasteiger partial charge is 0.243 e. The monoisotopic (exact) mass is 321 g/mol. The highest BCUT2D eigenvalue weighted by molar-refractivity contribution is 7.89. The Balaban J connectivity index is 2.01. The minimum atomic E-state index is -4.14. The highest BCUT2D eigenvalue weighted by atomic mass is 32.2. The summed E-state index contributed by atoms with van der Waals surface area (Å²) in [5.74, 6) is -2.72. The van der Waals surface area contributed by atoms with E-state index < -0.39 is 26.6 Å². The molecule has 6 nitrogen and oxygen atoms in total. The lowest BCUT2D eigenvalue weighted by Gasteiger charge is -2.26. The van der Waals surface area contributed by atoms with Crippen molar-refractivity contribution < 1.29 is 21.9 Å². The summed E-state index contributed by atoms with van der Waals surface area (Å²) in [5, 5.41) is 0. The quantitative estimate of drug-likeness (QED) is 0.755. The summed E-state index contributed by atoms with van der Waals surface area (Å²) in [5.41, 5.74) is 5.20. The molecule has 2 rings (SSSR count). The van der Waals surface area contributed by atoms with Gasteiger partial charge in [-0.2, -0.15) is 0 Å². The van der Waals surface area contributed by atoms with Gasteiger partial charge in [-0.05, 0) is 12.1 Å². The first kappa shape index (κ1) is 16.1. The molecule has 0 spiro atoms. The largest absolute Gasteiger partial charge is 0.399 e. The van der Waals surface area contributed by atoms with Crippen LogP contribution in [-0.2, 0) is 14.8 Å². The van der Waals surface area contributed by atoms with Crippen LogP contribution in [0.15, 0.2) is 17.0 Å².